The third-order valence-electron chi connectivity index (χ3n) is 5.75. The summed E-state index contributed by atoms with van der Waals surface area (Å²) in [6.07, 6.45) is 3.16. The Morgan fingerprint density at radius 3 is 2.78 bits per heavy atom. The Balaban J connectivity index is 1.55. The van der Waals surface area contributed by atoms with E-state index in [1.165, 1.54) is 12.3 Å². The molecular formula is C22H25F3N6O. The van der Waals surface area contributed by atoms with E-state index in [1.807, 2.05) is 6.07 Å². The Morgan fingerprint density at radius 1 is 1.28 bits per heavy atom. The van der Waals surface area contributed by atoms with E-state index >= 15 is 0 Å². The molecule has 1 atom stereocenters. The second-order valence-corrected chi connectivity index (χ2v) is 8.26. The first kappa shape index (κ1) is 22.0. The van der Waals surface area contributed by atoms with Crippen molar-refractivity contribution in [2.45, 2.75) is 56.7 Å². The van der Waals surface area contributed by atoms with Crippen molar-refractivity contribution >= 4 is 17.8 Å². The van der Waals surface area contributed by atoms with Crippen LogP contribution in [-0.2, 0) is 13.2 Å². The van der Waals surface area contributed by atoms with Gasteiger partial charge in [0.2, 0.25) is 0 Å². The molecule has 1 fully saturated rings. The number of nitrogens with two attached hydrogens (primary N) is 1. The molecule has 0 spiro atoms. The number of amides is 1. The summed E-state index contributed by atoms with van der Waals surface area (Å²) < 4.78 is 40.4. The van der Waals surface area contributed by atoms with Crippen molar-refractivity contribution in [3.63, 3.8) is 0 Å². The Hall–Kier alpha value is -3.17. The van der Waals surface area contributed by atoms with Crippen molar-refractivity contribution in [3.8, 4) is 0 Å². The number of carbonyl (C=O) groups excluding carboxylic acids is 1. The smallest absolute Gasteiger partial charge is 0.402 e. The van der Waals surface area contributed by atoms with Gasteiger partial charge in [0, 0.05) is 36.6 Å². The Labute approximate surface area is 183 Å². The minimum Gasteiger partial charge on any atom is -0.402 e. The number of hydrogen-bond acceptors (Lipinski definition) is 5. The van der Waals surface area contributed by atoms with E-state index in [2.05, 4.69) is 20.4 Å². The Morgan fingerprint density at radius 2 is 2.06 bits per heavy atom. The summed E-state index contributed by atoms with van der Waals surface area (Å²) in [7, 11) is 1.74. The lowest BCUT2D eigenvalue weighted by molar-refractivity contribution is -0.141. The van der Waals surface area contributed by atoms with Crippen molar-refractivity contribution in [2.75, 3.05) is 0 Å². The maximum absolute atomic E-state index is 13.0. The standard InChI is InChI=1S/C22H25F3N6O/c1-31-19(11-18(30-31)13-6-7-13)21(32)29-17-5-3-2-4-16(26)15(17)12-28-14-8-9-27-20(10-14)22(23,24)25/h8-13,17H,2-7,26H2,1H3,(H,29,32). The summed E-state index contributed by atoms with van der Waals surface area (Å²) in [5.74, 6) is 0.168. The molecule has 2 aromatic heterocycles. The number of nitrogens with zero attached hydrogens (tertiary/aromatic N) is 4. The molecule has 3 N–H and O–H groups in total. The quantitative estimate of drug-likeness (QED) is 0.679. The van der Waals surface area contributed by atoms with Gasteiger partial charge in [-0.25, -0.2) is 0 Å². The van der Waals surface area contributed by atoms with Crippen molar-refractivity contribution < 1.29 is 18.0 Å². The second kappa shape index (κ2) is 8.76. The number of pyridine rings is 1. The third-order valence-corrected chi connectivity index (χ3v) is 5.75. The van der Waals surface area contributed by atoms with Gasteiger partial charge in [-0.05, 0) is 50.3 Å². The summed E-state index contributed by atoms with van der Waals surface area (Å²) in [5.41, 5.74) is 7.94. The van der Waals surface area contributed by atoms with E-state index in [9.17, 15) is 18.0 Å². The average Bonchev–Trinajstić information content (AvgIpc) is 3.53. The summed E-state index contributed by atoms with van der Waals surface area (Å²) >= 11 is 0. The van der Waals surface area contributed by atoms with Gasteiger partial charge in [0.25, 0.3) is 5.91 Å². The zero-order valence-electron chi connectivity index (χ0n) is 17.7. The lowest BCUT2D eigenvalue weighted by atomic mass is 10.0. The van der Waals surface area contributed by atoms with Crippen molar-refractivity contribution in [2.24, 2.45) is 17.8 Å². The minimum atomic E-state index is -4.55. The monoisotopic (exact) mass is 446 g/mol. The average molecular weight is 446 g/mol. The highest BCUT2D eigenvalue weighted by atomic mass is 19.4. The molecule has 2 aliphatic rings. The van der Waals surface area contributed by atoms with Gasteiger partial charge in [0.05, 0.1) is 17.4 Å². The summed E-state index contributed by atoms with van der Waals surface area (Å²) in [6, 6.07) is 3.70. The van der Waals surface area contributed by atoms with Gasteiger partial charge in [-0.15, -0.1) is 0 Å². The van der Waals surface area contributed by atoms with Crippen LogP contribution in [-0.4, -0.2) is 32.9 Å². The predicted octanol–water partition coefficient (Wildman–Crippen LogP) is 4.00. The van der Waals surface area contributed by atoms with E-state index in [1.54, 1.807) is 11.7 Å². The van der Waals surface area contributed by atoms with E-state index in [-0.39, 0.29) is 11.6 Å². The molecule has 0 aliphatic heterocycles. The van der Waals surface area contributed by atoms with Gasteiger partial charge in [-0.3, -0.25) is 19.5 Å². The van der Waals surface area contributed by atoms with Gasteiger partial charge in [-0.2, -0.15) is 18.3 Å². The normalized spacial score (nSPS) is 19.9. The van der Waals surface area contributed by atoms with Crippen molar-refractivity contribution in [1.82, 2.24) is 20.1 Å². The molecule has 2 aromatic rings. The maximum atomic E-state index is 13.0. The number of nitrogens with one attached hydrogen (secondary N) is 1. The molecule has 2 aliphatic carbocycles. The van der Waals surface area contributed by atoms with E-state index in [0.717, 1.165) is 43.6 Å². The van der Waals surface area contributed by atoms with Crippen molar-refractivity contribution in [1.29, 1.82) is 0 Å². The number of hydrogen-bond donors (Lipinski definition) is 2. The molecule has 1 unspecified atom stereocenters. The zero-order valence-corrected chi connectivity index (χ0v) is 17.7. The van der Waals surface area contributed by atoms with Crippen molar-refractivity contribution in [3.05, 3.63) is 52.7 Å². The second-order valence-electron chi connectivity index (χ2n) is 8.26. The topological polar surface area (TPSA) is 98.2 Å². The number of halogens is 3. The van der Waals surface area contributed by atoms with Crippen LogP contribution >= 0.6 is 0 Å². The van der Waals surface area contributed by atoms with E-state index < -0.39 is 17.9 Å². The number of alkyl halides is 3. The molecule has 0 bridgehead atoms. The molecule has 0 aromatic carbocycles. The molecule has 2 heterocycles. The van der Waals surface area contributed by atoms with Gasteiger partial charge in [-0.1, -0.05) is 6.42 Å². The molecule has 32 heavy (non-hydrogen) atoms. The first-order valence-electron chi connectivity index (χ1n) is 10.6. The van der Waals surface area contributed by atoms with Crippen LogP contribution in [0.25, 0.3) is 0 Å². The summed E-state index contributed by atoms with van der Waals surface area (Å²) in [4.78, 5) is 20.5. The van der Waals surface area contributed by atoms with Crippen LogP contribution in [0.4, 0.5) is 18.9 Å². The van der Waals surface area contributed by atoms with Gasteiger partial charge >= 0.3 is 6.18 Å². The van der Waals surface area contributed by atoms with Crippen LogP contribution in [0.15, 0.2) is 40.7 Å². The molecule has 0 radical (unpaired) electrons. The van der Waals surface area contributed by atoms with E-state index in [4.69, 9.17) is 5.73 Å². The van der Waals surface area contributed by atoms with Crippen LogP contribution in [0, 0.1) is 0 Å². The number of carbonyl (C=O) groups is 1. The lowest BCUT2D eigenvalue weighted by Gasteiger charge is -2.19. The highest BCUT2D eigenvalue weighted by molar-refractivity contribution is 5.94. The fourth-order valence-corrected chi connectivity index (χ4v) is 3.82. The molecule has 4 rings (SSSR count). The van der Waals surface area contributed by atoms with E-state index in [0.29, 0.717) is 35.7 Å². The van der Waals surface area contributed by atoms with Crippen LogP contribution in [0.5, 0.6) is 0 Å². The highest BCUT2D eigenvalue weighted by Crippen LogP contribution is 2.39. The maximum Gasteiger partial charge on any atom is 0.433 e. The fraction of sp³-hybridized carbons (Fsp3) is 0.455. The number of aryl methyl sites for hydroxylation is 1. The zero-order chi connectivity index (χ0) is 22.9. The van der Waals surface area contributed by atoms with Gasteiger partial charge in [0.1, 0.15) is 11.4 Å². The SMILES string of the molecule is Cn1nc(C2CC2)cc1C(=O)NC1CCCCC(N)=C1C=Nc1ccnc(C(F)(F)F)c1. The van der Waals surface area contributed by atoms with Gasteiger partial charge in [0.15, 0.2) is 0 Å². The van der Waals surface area contributed by atoms with Crippen LogP contribution in [0.1, 0.15) is 66.3 Å². The number of aromatic nitrogens is 3. The molecule has 1 amide bonds. The van der Waals surface area contributed by atoms with Gasteiger partial charge < -0.3 is 11.1 Å². The third kappa shape index (κ3) is 5.00. The molecule has 0 saturated heterocycles. The predicted molar refractivity (Wildman–Crippen MR) is 114 cm³/mol. The Bertz CT molecular complexity index is 1070. The van der Waals surface area contributed by atoms with Crippen LogP contribution in [0.3, 0.4) is 0 Å². The molecule has 10 heteroatoms. The first-order chi connectivity index (χ1) is 15.2. The lowest BCUT2D eigenvalue weighted by Crippen LogP contribution is -2.38. The van der Waals surface area contributed by atoms with Crippen LogP contribution in [0.2, 0.25) is 0 Å². The Kier molecular flexibility index (Phi) is 6.03. The summed E-state index contributed by atoms with van der Waals surface area (Å²) in [6.45, 7) is 0. The highest BCUT2D eigenvalue weighted by Gasteiger charge is 2.32. The molecule has 1 saturated carbocycles. The number of allylic oxidation sites excluding steroid dienone is 1. The van der Waals surface area contributed by atoms with Crippen LogP contribution < -0.4 is 11.1 Å². The molecule has 170 valence electrons. The molecular weight excluding hydrogens is 421 g/mol. The number of rotatable bonds is 5. The number of aliphatic imine (C=N–C) groups is 1. The summed E-state index contributed by atoms with van der Waals surface area (Å²) in [5, 5.41) is 7.46. The minimum absolute atomic E-state index is 0.114. The fourth-order valence-electron chi connectivity index (χ4n) is 3.82. The molecule has 7 nitrogen and oxygen atoms in total. The largest absolute Gasteiger partial charge is 0.433 e. The first-order valence-corrected chi connectivity index (χ1v) is 10.6.